The second-order valence-corrected chi connectivity index (χ2v) is 7.37. The van der Waals surface area contributed by atoms with Gasteiger partial charge in [-0.3, -0.25) is 4.79 Å². The Bertz CT molecular complexity index is 856. The number of alkyl halides is 6. The number of nitrogens with zero attached hydrogens (tertiary/aromatic N) is 3. The minimum absolute atomic E-state index is 0.0694. The van der Waals surface area contributed by atoms with E-state index in [9.17, 15) is 36.2 Å². The molecule has 1 fully saturated rings. The molecule has 1 aromatic rings. The van der Waals surface area contributed by atoms with Crippen LogP contribution in [0.25, 0.3) is 0 Å². The minimum Gasteiger partial charge on any atom is -0.385 e. The SMILES string of the molecule is NC1=C(C[C@H]2CCCN(c3nccc(C(F)(F)F)n3)C2)C(O)(C(F)(F)F)CC(=O)N1. The zero-order valence-corrected chi connectivity index (χ0v) is 15.5. The number of carbonyl (C=O) groups is 1. The molecule has 2 atom stereocenters. The molecule has 4 N–H and O–H groups in total. The van der Waals surface area contributed by atoms with Crippen LogP contribution >= 0.6 is 0 Å². The van der Waals surface area contributed by atoms with E-state index in [1.165, 1.54) is 4.90 Å². The summed E-state index contributed by atoms with van der Waals surface area (Å²) < 4.78 is 79.2. The molecule has 0 aromatic carbocycles. The van der Waals surface area contributed by atoms with Gasteiger partial charge in [-0.1, -0.05) is 0 Å². The summed E-state index contributed by atoms with van der Waals surface area (Å²) in [7, 11) is 0. The van der Waals surface area contributed by atoms with E-state index >= 15 is 0 Å². The van der Waals surface area contributed by atoms with Gasteiger partial charge in [0.1, 0.15) is 11.5 Å². The van der Waals surface area contributed by atoms with Crippen LogP contribution in [0.15, 0.2) is 23.7 Å². The molecule has 0 aliphatic carbocycles. The van der Waals surface area contributed by atoms with Crippen LogP contribution in [-0.2, 0) is 11.0 Å². The average Bonchev–Trinajstić information content (AvgIpc) is 2.63. The largest absolute Gasteiger partial charge is 0.433 e. The van der Waals surface area contributed by atoms with Gasteiger partial charge >= 0.3 is 12.4 Å². The summed E-state index contributed by atoms with van der Waals surface area (Å²) in [5.74, 6) is -2.27. The zero-order chi connectivity index (χ0) is 22.3. The Balaban J connectivity index is 1.82. The molecule has 1 aromatic heterocycles. The van der Waals surface area contributed by atoms with Gasteiger partial charge in [-0.25, -0.2) is 9.97 Å². The molecule has 1 amide bonds. The highest BCUT2D eigenvalue weighted by atomic mass is 19.4. The second kappa shape index (κ2) is 7.60. The Morgan fingerprint density at radius 2 is 2.00 bits per heavy atom. The third-order valence-electron chi connectivity index (χ3n) is 5.21. The predicted molar refractivity (Wildman–Crippen MR) is 91.6 cm³/mol. The third-order valence-corrected chi connectivity index (χ3v) is 5.21. The monoisotopic (exact) mass is 439 g/mol. The Hall–Kier alpha value is -2.57. The van der Waals surface area contributed by atoms with Crippen LogP contribution in [0.1, 0.15) is 31.4 Å². The van der Waals surface area contributed by atoms with E-state index in [1.807, 2.05) is 0 Å². The average molecular weight is 439 g/mol. The Morgan fingerprint density at radius 3 is 2.63 bits per heavy atom. The van der Waals surface area contributed by atoms with Crippen LogP contribution in [0.3, 0.4) is 0 Å². The van der Waals surface area contributed by atoms with Crippen molar-refractivity contribution in [2.45, 2.75) is 43.6 Å². The van der Waals surface area contributed by atoms with Gasteiger partial charge in [0, 0.05) is 24.9 Å². The van der Waals surface area contributed by atoms with Crippen LogP contribution in [0.4, 0.5) is 32.3 Å². The molecule has 30 heavy (non-hydrogen) atoms. The van der Waals surface area contributed by atoms with E-state index in [4.69, 9.17) is 5.73 Å². The number of aromatic nitrogens is 2. The van der Waals surface area contributed by atoms with Gasteiger partial charge in [-0.15, -0.1) is 0 Å². The smallest absolute Gasteiger partial charge is 0.385 e. The standard InChI is InChI=1S/C17H19F6N5O2/c18-16(19,20)11-3-4-25-14(26-11)28-5-1-2-9(8-28)6-10-13(24)27-12(29)7-15(10,30)17(21,22)23/h3-4,9,30H,1-2,5-8,24H2,(H,27,29)/t9-,15?/m1/s1. The minimum atomic E-state index is -5.12. The molecule has 0 radical (unpaired) electrons. The van der Waals surface area contributed by atoms with E-state index in [0.717, 1.165) is 12.3 Å². The Morgan fingerprint density at radius 1 is 1.30 bits per heavy atom. The summed E-state index contributed by atoms with van der Waals surface area (Å²) in [4.78, 5) is 20.3. The maximum Gasteiger partial charge on any atom is 0.433 e. The fourth-order valence-electron chi connectivity index (χ4n) is 3.74. The lowest BCUT2D eigenvalue weighted by Gasteiger charge is -2.40. The van der Waals surface area contributed by atoms with Crippen LogP contribution in [0, 0.1) is 5.92 Å². The fourth-order valence-corrected chi connectivity index (χ4v) is 3.74. The number of aliphatic hydroxyl groups is 1. The number of amides is 1. The van der Waals surface area contributed by atoms with E-state index in [0.29, 0.717) is 19.4 Å². The van der Waals surface area contributed by atoms with E-state index in [1.54, 1.807) is 0 Å². The molecule has 1 unspecified atom stereocenters. The van der Waals surface area contributed by atoms with Crippen LogP contribution in [0.2, 0.25) is 0 Å². The van der Waals surface area contributed by atoms with Gasteiger partial charge in [-0.2, -0.15) is 26.3 Å². The number of hydrogen-bond donors (Lipinski definition) is 3. The van der Waals surface area contributed by atoms with Gasteiger partial charge < -0.3 is 21.1 Å². The third kappa shape index (κ3) is 4.30. The first-order chi connectivity index (χ1) is 13.8. The van der Waals surface area contributed by atoms with Crippen molar-refractivity contribution in [2.75, 3.05) is 18.0 Å². The molecule has 0 saturated carbocycles. The number of anilines is 1. The van der Waals surface area contributed by atoms with Crippen LogP contribution < -0.4 is 16.0 Å². The highest BCUT2D eigenvalue weighted by molar-refractivity contribution is 5.81. The van der Waals surface area contributed by atoms with Gasteiger partial charge in [0.2, 0.25) is 11.9 Å². The number of nitrogens with one attached hydrogen (secondary N) is 1. The molecule has 1 saturated heterocycles. The summed E-state index contributed by atoms with van der Waals surface area (Å²) >= 11 is 0. The predicted octanol–water partition coefficient (Wildman–Crippen LogP) is 2.09. The number of rotatable bonds is 3. The van der Waals surface area contributed by atoms with E-state index in [2.05, 4.69) is 15.3 Å². The molecule has 2 aliphatic heterocycles. The van der Waals surface area contributed by atoms with Crippen molar-refractivity contribution >= 4 is 11.9 Å². The summed E-state index contributed by atoms with van der Waals surface area (Å²) in [6.07, 6.45) is -9.40. The number of hydrogen-bond acceptors (Lipinski definition) is 6. The molecule has 0 spiro atoms. The van der Waals surface area contributed by atoms with Crippen LogP contribution in [0.5, 0.6) is 0 Å². The van der Waals surface area contributed by atoms with Gasteiger partial charge in [0.05, 0.1) is 6.42 Å². The molecule has 3 heterocycles. The summed E-state index contributed by atoms with van der Waals surface area (Å²) in [6.45, 7) is 0.395. The molecular weight excluding hydrogens is 420 g/mol. The van der Waals surface area contributed by atoms with Crippen molar-refractivity contribution in [3.8, 4) is 0 Å². The maximum atomic E-state index is 13.5. The first-order valence-electron chi connectivity index (χ1n) is 9.04. The second-order valence-electron chi connectivity index (χ2n) is 7.37. The molecule has 13 heteroatoms. The molecule has 3 rings (SSSR count). The molecular formula is C17H19F6N5O2. The van der Waals surface area contributed by atoms with Crippen molar-refractivity contribution in [3.63, 3.8) is 0 Å². The van der Waals surface area contributed by atoms with Gasteiger partial charge in [0.25, 0.3) is 0 Å². The topological polar surface area (TPSA) is 104 Å². The number of piperidine rings is 1. The first kappa shape index (κ1) is 22.1. The van der Waals surface area contributed by atoms with Crippen LogP contribution in [-0.4, -0.2) is 45.8 Å². The first-order valence-corrected chi connectivity index (χ1v) is 9.04. The quantitative estimate of drug-likeness (QED) is 0.623. The molecule has 2 aliphatic rings. The lowest BCUT2D eigenvalue weighted by Crippen LogP contribution is -2.56. The van der Waals surface area contributed by atoms with Crippen molar-refractivity contribution in [1.29, 1.82) is 0 Å². The molecule has 7 nitrogen and oxygen atoms in total. The summed E-state index contributed by atoms with van der Waals surface area (Å²) in [5.41, 5.74) is 0.530. The van der Waals surface area contributed by atoms with Gasteiger partial charge in [0.15, 0.2) is 5.60 Å². The fraction of sp³-hybridized carbons (Fsp3) is 0.588. The lowest BCUT2D eigenvalue weighted by atomic mass is 9.79. The highest BCUT2D eigenvalue weighted by Gasteiger charge is 2.59. The normalized spacial score (nSPS) is 26.0. The van der Waals surface area contributed by atoms with Crippen molar-refractivity contribution in [2.24, 2.45) is 11.7 Å². The highest BCUT2D eigenvalue weighted by Crippen LogP contribution is 2.44. The zero-order valence-electron chi connectivity index (χ0n) is 15.5. The molecule has 0 bridgehead atoms. The number of halogens is 6. The number of carbonyl (C=O) groups excluding carboxylic acids is 1. The van der Waals surface area contributed by atoms with E-state index < -0.39 is 53.3 Å². The number of nitrogens with two attached hydrogens (primary N) is 1. The van der Waals surface area contributed by atoms with Crippen molar-refractivity contribution < 1.29 is 36.2 Å². The van der Waals surface area contributed by atoms with Crippen molar-refractivity contribution in [1.82, 2.24) is 15.3 Å². The maximum absolute atomic E-state index is 13.5. The lowest BCUT2D eigenvalue weighted by molar-refractivity contribution is -0.248. The Labute approximate surface area is 167 Å². The summed E-state index contributed by atoms with van der Waals surface area (Å²) in [6, 6.07) is 0.727. The van der Waals surface area contributed by atoms with E-state index in [-0.39, 0.29) is 18.9 Å². The summed E-state index contributed by atoms with van der Waals surface area (Å²) in [5, 5.41) is 12.4. The molecule has 166 valence electrons. The Kier molecular flexibility index (Phi) is 5.60. The van der Waals surface area contributed by atoms with Gasteiger partial charge in [-0.05, 0) is 31.2 Å². The van der Waals surface area contributed by atoms with Crippen molar-refractivity contribution in [3.05, 3.63) is 29.4 Å².